The summed E-state index contributed by atoms with van der Waals surface area (Å²) < 4.78 is 0. The third kappa shape index (κ3) is 3.11. The average Bonchev–Trinajstić information content (AvgIpc) is 3.46. The van der Waals surface area contributed by atoms with Crippen molar-refractivity contribution in [3.8, 4) is 0 Å². The van der Waals surface area contributed by atoms with Crippen molar-refractivity contribution in [1.29, 1.82) is 0 Å². The van der Waals surface area contributed by atoms with Gasteiger partial charge in [0.1, 0.15) is 0 Å². The number of aromatic nitrogens is 1. The molecule has 0 unspecified atom stereocenters. The largest absolute Gasteiger partial charge is 0.352 e. The predicted octanol–water partition coefficient (Wildman–Crippen LogP) is 2.46. The van der Waals surface area contributed by atoms with E-state index in [1.165, 1.54) is 4.90 Å². The summed E-state index contributed by atoms with van der Waals surface area (Å²) in [5.41, 5.74) is 2.48. The number of amides is 2. The van der Waals surface area contributed by atoms with E-state index in [2.05, 4.69) is 5.32 Å². The molecule has 2 aliphatic carbocycles. The number of pyridine rings is 1. The van der Waals surface area contributed by atoms with Gasteiger partial charge in [-0.15, -0.1) is 0 Å². The molecule has 5 nitrogen and oxygen atoms in total. The zero-order chi connectivity index (χ0) is 16.7. The van der Waals surface area contributed by atoms with Crippen molar-refractivity contribution in [2.45, 2.75) is 37.6 Å². The highest BCUT2D eigenvalue weighted by Gasteiger charge is 2.28. The first-order valence-corrected chi connectivity index (χ1v) is 8.56. The lowest BCUT2D eigenvalue weighted by Crippen LogP contribution is -2.39. The van der Waals surface area contributed by atoms with Crippen LogP contribution in [-0.2, 0) is 4.79 Å². The van der Waals surface area contributed by atoms with E-state index in [0.717, 1.165) is 42.3 Å². The number of rotatable bonds is 5. The standard InChI is InChI=1S/C19H21N3O2/c1-22(11-18(23)20-13-8-9-13)19(24)15-10-17(12-6-7-12)21-16-5-3-2-4-14(15)16/h2-5,10,12-13H,6-9,11H2,1H3,(H,20,23). The number of carbonyl (C=O) groups is 2. The van der Waals surface area contributed by atoms with Crippen molar-refractivity contribution >= 4 is 22.7 Å². The van der Waals surface area contributed by atoms with E-state index in [0.29, 0.717) is 17.5 Å². The van der Waals surface area contributed by atoms with Crippen molar-refractivity contribution in [3.05, 3.63) is 41.6 Å². The van der Waals surface area contributed by atoms with Crippen LogP contribution in [0.2, 0.25) is 0 Å². The third-order valence-electron chi connectivity index (χ3n) is 4.63. The minimum Gasteiger partial charge on any atom is -0.352 e. The summed E-state index contributed by atoms with van der Waals surface area (Å²) in [7, 11) is 1.68. The molecule has 1 N–H and O–H groups in total. The molecule has 1 heterocycles. The van der Waals surface area contributed by atoms with Crippen LogP contribution in [0.3, 0.4) is 0 Å². The summed E-state index contributed by atoms with van der Waals surface area (Å²) in [5, 5.41) is 3.77. The number of nitrogens with one attached hydrogen (secondary N) is 1. The van der Waals surface area contributed by atoms with Crippen molar-refractivity contribution in [3.63, 3.8) is 0 Å². The summed E-state index contributed by atoms with van der Waals surface area (Å²) in [5.74, 6) is 0.264. The molecule has 2 aromatic rings. The van der Waals surface area contributed by atoms with Gasteiger partial charge < -0.3 is 10.2 Å². The van der Waals surface area contributed by atoms with Crippen LogP contribution in [0.15, 0.2) is 30.3 Å². The third-order valence-corrected chi connectivity index (χ3v) is 4.63. The maximum Gasteiger partial charge on any atom is 0.254 e. The molecule has 24 heavy (non-hydrogen) atoms. The summed E-state index contributed by atoms with van der Waals surface area (Å²) in [6.45, 7) is 0.0880. The molecule has 0 radical (unpaired) electrons. The monoisotopic (exact) mass is 323 g/mol. The lowest BCUT2D eigenvalue weighted by atomic mass is 10.0. The molecule has 0 spiro atoms. The van der Waals surface area contributed by atoms with E-state index in [1.54, 1.807) is 7.05 Å². The molecule has 2 fully saturated rings. The topological polar surface area (TPSA) is 62.3 Å². The number of nitrogens with zero attached hydrogens (tertiary/aromatic N) is 2. The maximum absolute atomic E-state index is 12.9. The number of benzene rings is 1. The Bertz CT molecular complexity index is 809. The Morgan fingerprint density at radius 3 is 2.67 bits per heavy atom. The summed E-state index contributed by atoms with van der Waals surface area (Å²) in [6.07, 6.45) is 4.36. The van der Waals surface area contributed by atoms with E-state index in [9.17, 15) is 9.59 Å². The molecule has 0 atom stereocenters. The molecule has 2 saturated carbocycles. The highest BCUT2D eigenvalue weighted by molar-refractivity contribution is 6.07. The second kappa shape index (κ2) is 5.89. The number of likely N-dealkylation sites (N-methyl/N-ethyl adjacent to an activating group) is 1. The molecule has 2 aliphatic rings. The molecule has 4 rings (SSSR count). The molecule has 1 aromatic heterocycles. The van der Waals surface area contributed by atoms with E-state index in [-0.39, 0.29) is 18.4 Å². The SMILES string of the molecule is CN(CC(=O)NC1CC1)C(=O)c1cc(C2CC2)nc2ccccc12. The van der Waals surface area contributed by atoms with Crippen molar-refractivity contribution in [2.75, 3.05) is 13.6 Å². The number of hydrogen-bond acceptors (Lipinski definition) is 3. The van der Waals surface area contributed by atoms with Gasteiger partial charge >= 0.3 is 0 Å². The van der Waals surface area contributed by atoms with Crippen LogP contribution in [0.1, 0.15) is 47.7 Å². The van der Waals surface area contributed by atoms with Crippen LogP contribution < -0.4 is 5.32 Å². The Kier molecular flexibility index (Phi) is 3.71. The normalized spacial score (nSPS) is 16.9. The Morgan fingerprint density at radius 1 is 1.21 bits per heavy atom. The van der Waals surface area contributed by atoms with Crippen molar-refractivity contribution in [2.24, 2.45) is 0 Å². The van der Waals surface area contributed by atoms with Gasteiger partial charge in [-0.3, -0.25) is 14.6 Å². The predicted molar refractivity (Wildman–Crippen MR) is 91.8 cm³/mol. The maximum atomic E-state index is 12.9. The van der Waals surface area contributed by atoms with Crippen LogP contribution in [0, 0.1) is 0 Å². The quantitative estimate of drug-likeness (QED) is 0.919. The molecular weight excluding hydrogens is 302 g/mol. The van der Waals surface area contributed by atoms with Crippen molar-refractivity contribution < 1.29 is 9.59 Å². The second-order valence-electron chi connectivity index (χ2n) is 6.89. The van der Waals surface area contributed by atoms with E-state index >= 15 is 0 Å². The minimum atomic E-state index is -0.124. The Morgan fingerprint density at radius 2 is 1.96 bits per heavy atom. The molecule has 1 aromatic carbocycles. The highest BCUT2D eigenvalue weighted by atomic mass is 16.2. The number of carbonyl (C=O) groups excluding carboxylic acids is 2. The van der Waals surface area contributed by atoms with Gasteiger partial charge in [-0.25, -0.2) is 0 Å². The van der Waals surface area contributed by atoms with E-state index in [4.69, 9.17) is 4.98 Å². The first kappa shape index (κ1) is 15.1. The van der Waals surface area contributed by atoms with Gasteiger partial charge in [0.25, 0.3) is 5.91 Å². The first-order chi connectivity index (χ1) is 11.6. The molecule has 0 aliphatic heterocycles. The summed E-state index contributed by atoms with van der Waals surface area (Å²) in [6, 6.07) is 9.94. The number of para-hydroxylation sites is 1. The molecule has 0 saturated heterocycles. The van der Waals surface area contributed by atoms with Gasteiger partial charge in [0.05, 0.1) is 17.6 Å². The Hall–Kier alpha value is -2.43. The summed E-state index contributed by atoms with van der Waals surface area (Å²) >= 11 is 0. The van der Waals surface area contributed by atoms with Gasteiger partial charge in [0.2, 0.25) is 5.91 Å². The number of hydrogen-bond donors (Lipinski definition) is 1. The molecule has 0 bridgehead atoms. The highest BCUT2D eigenvalue weighted by Crippen LogP contribution is 2.40. The second-order valence-corrected chi connectivity index (χ2v) is 6.89. The average molecular weight is 323 g/mol. The van der Waals surface area contributed by atoms with Crippen LogP contribution in [0.25, 0.3) is 10.9 Å². The number of fused-ring (bicyclic) bond motifs is 1. The minimum absolute atomic E-state index is 0.0880. The van der Waals surface area contributed by atoms with Gasteiger partial charge in [-0.05, 0) is 37.8 Å². The molecule has 2 amide bonds. The fourth-order valence-corrected chi connectivity index (χ4v) is 2.95. The van der Waals surface area contributed by atoms with Crippen LogP contribution in [-0.4, -0.2) is 41.3 Å². The van der Waals surface area contributed by atoms with Crippen LogP contribution >= 0.6 is 0 Å². The van der Waals surface area contributed by atoms with Gasteiger partial charge in [-0.1, -0.05) is 18.2 Å². The van der Waals surface area contributed by atoms with Crippen molar-refractivity contribution in [1.82, 2.24) is 15.2 Å². The zero-order valence-corrected chi connectivity index (χ0v) is 13.8. The lowest BCUT2D eigenvalue weighted by Gasteiger charge is -2.18. The zero-order valence-electron chi connectivity index (χ0n) is 13.8. The molecule has 124 valence electrons. The van der Waals surface area contributed by atoms with Gasteiger partial charge in [0.15, 0.2) is 0 Å². The van der Waals surface area contributed by atoms with Crippen LogP contribution in [0.5, 0.6) is 0 Å². The van der Waals surface area contributed by atoms with Gasteiger partial charge in [0, 0.05) is 30.1 Å². The van der Waals surface area contributed by atoms with E-state index in [1.807, 2.05) is 30.3 Å². The van der Waals surface area contributed by atoms with E-state index < -0.39 is 0 Å². The van der Waals surface area contributed by atoms with Crippen LogP contribution in [0.4, 0.5) is 0 Å². The smallest absolute Gasteiger partial charge is 0.254 e. The first-order valence-electron chi connectivity index (χ1n) is 8.56. The summed E-state index contributed by atoms with van der Waals surface area (Å²) in [4.78, 5) is 31.1. The molecule has 5 heteroatoms. The Labute approximate surface area is 141 Å². The molecular formula is C19H21N3O2. The fraction of sp³-hybridized carbons (Fsp3) is 0.421. The Balaban J connectivity index is 1.61. The van der Waals surface area contributed by atoms with Gasteiger partial charge in [-0.2, -0.15) is 0 Å². The lowest BCUT2D eigenvalue weighted by molar-refractivity contribution is -0.121. The fourth-order valence-electron chi connectivity index (χ4n) is 2.95.